The highest BCUT2D eigenvalue weighted by atomic mass is 15.1. The first-order chi connectivity index (χ1) is 7.81. The maximum Gasteiger partial charge on any atom is 0.0948 e. The molecule has 4 heteroatoms. The van der Waals surface area contributed by atoms with Crippen LogP contribution in [0.3, 0.4) is 0 Å². The van der Waals surface area contributed by atoms with Gasteiger partial charge in [0.25, 0.3) is 0 Å². The van der Waals surface area contributed by atoms with Gasteiger partial charge in [-0.1, -0.05) is 13.8 Å². The molecule has 1 atom stereocenters. The fourth-order valence-corrected chi connectivity index (χ4v) is 1.66. The summed E-state index contributed by atoms with van der Waals surface area (Å²) < 4.78 is 2.16. The first kappa shape index (κ1) is 12.7. The topological polar surface area (TPSA) is 53.6 Å². The van der Waals surface area contributed by atoms with Gasteiger partial charge in [-0.25, -0.2) is 4.98 Å². The Hall–Kier alpha value is -1.34. The molecule has 0 fully saturated rings. The van der Waals surface area contributed by atoms with E-state index in [0.717, 1.165) is 25.9 Å². The number of aryl methyl sites for hydroxylation is 1. The van der Waals surface area contributed by atoms with Crippen LogP contribution >= 0.6 is 0 Å². The van der Waals surface area contributed by atoms with E-state index in [9.17, 15) is 0 Å². The monoisotopic (exact) mass is 220 g/mol. The van der Waals surface area contributed by atoms with Crippen LogP contribution in [0.4, 0.5) is 0 Å². The van der Waals surface area contributed by atoms with E-state index >= 15 is 0 Å². The van der Waals surface area contributed by atoms with Crippen LogP contribution in [0.5, 0.6) is 0 Å². The van der Waals surface area contributed by atoms with Gasteiger partial charge < -0.3 is 9.88 Å². The van der Waals surface area contributed by atoms with Crippen LogP contribution in [-0.2, 0) is 13.1 Å². The van der Waals surface area contributed by atoms with Gasteiger partial charge in [0.1, 0.15) is 0 Å². The van der Waals surface area contributed by atoms with E-state index in [0.29, 0.717) is 6.42 Å². The fourth-order valence-electron chi connectivity index (χ4n) is 1.66. The van der Waals surface area contributed by atoms with Gasteiger partial charge in [0.2, 0.25) is 0 Å². The smallest absolute Gasteiger partial charge is 0.0948 e. The minimum Gasteiger partial charge on any atom is -0.333 e. The van der Waals surface area contributed by atoms with Crippen LogP contribution in [0.2, 0.25) is 0 Å². The molecule has 0 aliphatic carbocycles. The minimum atomic E-state index is 0.287. The lowest BCUT2D eigenvalue weighted by atomic mass is 10.1. The summed E-state index contributed by atoms with van der Waals surface area (Å²) in [7, 11) is 0. The summed E-state index contributed by atoms with van der Waals surface area (Å²) in [4.78, 5) is 4.15. The molecule has 1 unspecified atom stereocenters. The molecule has 1 N–H and O–H groups in total. The zero-order valence-corrected chi connectivity index (χ0v) is 10.1. The van der Waals surface area contributed by atoms with E-state index in [2.05, 4.69) is 34.8 Å². The van der Waals surface area contributed by atoms with Gasteiger partial charge in [-0.2, -0.15) is 5.26 Å². The number of nitriles is 1. The van der Waals surface area contributed by atoms with Crippen LogP contribution < -0.4 is 5.32 Å². The molecule has 16 heavy (non-hydrogen) atoms. The first-order valence-electron chi connectivity index (χ1n) is 5.91. The lowest BCUT2D eigenvalue weighted by molar-refractivity contribution is 0.489. The lowest BCUT2D eigenvalue weighted by Gasteiger charge is -2.14. The largest absolute Gasteiger partial charge is 0.333 e. The van der Waals surface area contributed by atoms with E-state index in [-0.39, 0.29) is 6.04 Å². The number of nitrogens with zero attached hydrogens (tertiary/aromatic N) is 3. The van der Waals surface area contributed by atoms with Gasteiger partial charge in [0.05, 0.1) is 24.5 Å². The Morgan fingerprint density at radius 2 is 2.38 bits per heavy atom. The fraction of sp³-hybridized carbons (Fsp3) is 0.667. The van der Waals surface area contributed by atoms with Crippen molar-refractivity contribution < 1.29 is 0 Å². The van der Waals surface area contributed by atoms with E-state index in [1.165, 1.54) is 5.69 Å². The Bertz CT molecular complexity index is 337. The molecule has 0 amide bonds. The van der Waals surface area contributed by atoms with Crippen molar-refractivity contribution in [3.63, 3.8) is 0 Å². The van der Waals surface area contributed by atoms with Crippen molar-refractivity contribution >= 4 is 0 Å². The van der Waals surface area contributed by atoms with Crippen molar-refractivity contribution in [1.29, 1.82) is 5.26 Å². The van der Waals surface area contributed by atoms with Crippen LogP contribution in [-0.4, -0.2) is 15.6 Å². The third-order valence-electron chi connectivity index (χ3n) is 2.67. The number of imidazole rings is 1. The molecule has 1 aromatic rings. The van der Waals surface area contributed by atoms with E-state index < -0.39 is 0 Å². The molecule has 1 heterocycles. The Morgan fingerprint density at radius 1 is 1.56 bits per heavy atom. The molecule has 0 bridgehead atoms. The Labute approximate surface area is 97.3 Å². The van der Waals surface area contributed by atoms with Crippen molar-refractivity contribution in [2.75, 3.05) is 0 Å². The average Bonchev–Trinajstić information content (AvgIpc) is 2.72. The Balaban J connectivity index is 2.46. The highest BCUT2D eigenvalue weighted by molar-refractivity contribution is 4.98. The molecule has 88 valence electrons. The summed E-state index contributed by atoms with van der Waals surface area (Å²) in [5.74, 6) is 0. The summed E-state index contributed by atoms with van der Waals surface area (Å²) in [6.07, 6.45) is 6.42. The molecule has 1 rings (SSSR count). The summed E-state index contributed by atoms with van der Waals surface area (Å²) in [6, 6.07) is 2.49. The van der Waals surface area contributed by atoms with Crippen molar-refractivity contribution in [3.8, 4) is 6.07 Å². The third-order valence-corrected chi connectivity index (χ3v) is 2.67. The van der Waals surface area contributed by atoms with Gasteiger partial charge in [-0.3, -0.25) is 0 Å². The van der Waals surface area contributed by atoms with Crippen molar-refractivity contribution in [3.05, 3.63) is 18.2 Å². The minimum absolute atomic E-state index is 0.287. The number of aromatic nitrogens is 2. The standard InChI is InChI=1S/C12H20N4/c1-3-7-16-10-14-8-12(16)9-15-11(4-2)5-6-13/h8,10-11,15H,3-5,7,9H2,1-2H3. The quantitative estimate of drug-likeness (QED) is 0.765. The Kier molecular flexibility index (Phi) is 5.58. The molecule has 0 saturated carbocycles. The number of hydrogen-bond donors (Lipinski definition) is 1. The molecule has 0 saturated heterocycles. The zero-order valence-electron chi connectivity index (χ0n) is 10.1. The second-order valence-electron chi connectivity index (χ2n) is 3.93. The van der Waals surface area contributed by atoms with Gasteiger partial charge in [0.15, 0.2) is 0 Å². The molecule has 0 aromatic carbocycles. The summed E-state index contributed by atoms with van der Waals surface area (Å²) in [6.45, 7) is 6.05. The molecule has 1 aromatic heterocycles. The average molecular weight is 220 g/mol. The summed E-state index contributed by atoms with van der Waals surface area (Å²) in [5.41, 5.74) is 1.19. The maximum atomic E-state index is 8.66. The second kappa shape index (κ2) is 7.02. The molecule has 0 spiro atoms. The van der Waals surface area contributed by atoms with Crippen molar-refractivity contribution in [2.24, 2.45) is 0 Å². The number of rotatable bonds is 7. The van der Waals surface area contributed by atoms with Gasteiger partial charge >= 0.3 is 0 Å². The van der Waals surface area contributed by atoms with E-state index in [1.54, 1.807) is 0 Å². The molecule has 0 aliphatic rings. The second-order valence-corrected chi connectivity index (χ2v) is 3.93. The highest BCUT2D eigenvalue weighted by Crippen LogP contribution is 2.03. The summed E-state index contributed by atoms with van der Waals surface area (Å²) >= 11 is 0. The lowest BCUT2D eigenvalue weighted by Crippen LogP contribution is -2.28. The van der Waals surface area contributed by atoms with E-state index in [4.69, 9.17) is 5.26 Å². The third kappa shape index (κ3) is 3.67. The van der Waals surface area contributed by atoms with Gasteiger partial charge in [-0.15, -0.1) is 0 Å². The highest BCUT2D eigenvalue weighted by Gasteiger charge is 2.06. The number of hydrogen-bond acceptors (Lipinski definition) is 3. The first-order valence-corrected chi connectivity index (χ1v) is 5.91. The van der Waals surface area contributed by atoms with Gasteiger partial charge in [0, 0.05) is 25.3 Å². The summed E-state index contributed by atoms with van der Waals surface area (Å²) in [5, 5.41) is 12.0. The molecular weight excluding hydrogens is 200 g/mol. The predicted molar refractivity (Wildman–Crippen MR) is 63.7 cm³/mol. The van der Waals surface area contributed by atoms with Crippen LogP contribution in [0.1, 0.15) is 38.8 Å². The molecule has 0 aliphatic heterocycles. The maximum absolute atomic E-state index is 8.66. The van der Waals surface area contributed by atoms with Crippen molar-refractivity contribution in [2.45, 2.75) is 52.2 Å². The molecule has 4 nitrogen and oxygen atoms in total. The normalized spacial score (nSPS) is 12.3. The van der Waals surface area contributed by atoms with Crippen molar-refractivity contribution in [1.82, 2.24) is 14.9 Å². The predicted octanol–water partition coefficient (Wildman–Crippen LogP) is 2.07. The molecular formula is C12H20N4. The Morgan fingerprint density at radius 3 is 3.00 bits per heavy atom. The number of nitrogens with one attached hydrogen (secondary N) is 1. The van der Waals surface area contributed by atoms with Crippen LogP contribution in [0.25, 0.3) is 0 Å². The van der Waals surface area contributed by atoms with Crippen LogP contribution in [0.15, 0.2) is 12.5 Å². The van der Waals surface area contributed by atoms with Gasteiger partial charge in [-0.05, 0) is 12.8 Å². The SMILES string of the molecule is CCCn1cncc1CNC(CC)CC#N. The zero-order chi connectivity index (χ0) is 11.8. The molecule has 0 radical (unpaired) electrons. The van der Waals surface area contributed by atoms with Crippen LogP contribution in [0, 0.1) is 11.3 Å². The van der Waals surface area contributed by atoms with E-state index in [1.807, 2.05) is 12.5 Å².